The second-order valence-corrected chi connectivity index (χ2v) is 6.72. The van der Waals surface area contributed by atoms with Crippen LogP contribution in [0.15, 0.2) is 0 Å². The van der Waals surface area contributed by atoms with E-state index in [0.29, 0.717) is 25.6 Å². The Morgan fingerprint density at radius 1 is 1.45 bits per heavy atom. The standard InChI is InChI=1S/C14H26N4O2/c1-14(2,3)18-9-11(7-12(18)19)17-13(20)16-8-10-5-4-6-15-10/h10-11,15H,4-9H2,1-3H3,(H2,16,17,20). The van der Waals surface area contributed by atoms with E-state index in [-0.39, 0.29) is 23.5 Å². The summed E-state index contributed by atoms with van der Waals surface area (Å²) in [5.74, 6) is 0.111. The molecular weight excluding hydrogens is 256 g/mol. The molecule has 2 fully saturated rings. The second kappa shape index (κ2) is 5.99. The van der Waals surface area contributed by atoms with E-state index in [2.05, 4.69) is 16.0 Å². The van der Waals surface area contributed by atoms with Crippen LogP contribution in [0.25, 0.3) is 0 Å². The van der Waals surface area contributed by atoms with Crippen LogP contribution in [0, 0.1) is 0 Å². The fraction of sp³-hybridized carbons (Fsp3) is 0.857. The zero-order valence-electron chi connectivity index (χ0n) is 12.7. The fourth-order valence-electron chi connectivity index (χ4n) is 2.84. The van der Waals surface area contributed by atoms with E-state index in [4.69, 9.17) is 0 Å². The molecule has 0 aromatic carbocycles. The van der Waals surface area contributed by atoms with Crippen LogP contribution in [0.2, 0.25) is 0 Å². The third-order valence-electron chi connectivity index (χ3n) is 3.94. The van der Waals surface area contributed by atoms with Gasteiger partial charge in [-0.05, 0) is 40.2 Å². The van der Waals surface area contributed by atoms with Gasteiger partial charge in [-0.25, -0.2) is 4.79 Å². The van der Waals surface area contributed by atoms with Gasteiger partial charge in [0.15, 0.2) is 0 Å². The molecule has 0 bridgehead atoms. The van der Waals surface area contributed by atoms with Gasteiger partial charge in [0.25, 0.3) is 0 Å². The number of nitrogens with zero attached hydrogens (tertiary/aromatic N) is 1. The first-order valence-electron chi connectivity index (χ1n) is 7.44. The molecule has 20 heavy (non-hydrogen) atoms. The quantitative estimate of drug-likeness (QED) is 0.703. The number of hydrogen-bond donors (Lipinski definition) is 3. The Kier molecular flexibility index (Phi) is 4.52. The van der Waals surface area contributed by atoms with Crippen molar-refractivity contribution in [2.24, 2.45) is 0 Å². The number of likely N-dealkylation sites (tertiary alicyclic amines) is 1. The molecule has 0 aliphatic carbocycles. The molecule has 2 saturated heterocycles. The van der Waals surface area contributed by atoms with Gasteiger partial charge in [-0.3, -0.25) is 4.79 Å². The Hall–Kier alpha value is -1.30. The maximum Gasteiger partial charge on any atom is 0.315 e. The molecule has 2 aliphatic heterocycles. The van der Waals surface area contributed by atoms with Crippen molar-refractivity contribution < 1.29 is 9.59 Å². The van der Waals surface area contributed by atoms with Crippen LogP contribution in [-0.2, 0) is 4.79 Å². The number of carbonyl (C=O) groups excluding carboxylic acids is 2. The highest BCUT2D eigenvalue weighted by molar-refractivity contribution is 5.82. The Morgan fingerprint density at radius 2 is 2.20 bits per heavy atom. The molecule has 114 valence electrons. The number of urea groups is 1. The van der Waals surface area contributed by atoms with Crippen LogP contribution >= 0.6 is 0 Å². The van der Waals surface area contributed by atoms with E-state index in [1.54, 1.807) is 0 Å². The molecule has 0 spiro atoms. The number of hydrogen-bond acceptors (Lipinski definition) is 3. The number of rotatable bonds is 3. The van der Waals surface area contributed by atoms with Crippen LogP contribution < -0.4 is 16.0 Å². The zero-order valence-corrected chi connectivity index (χ0v) is 12.7. The van der Waals surface area contributed by atoms with E-state index in [9.17, 15) is 9.59 Å². The Balaban J connectivity index is 1.73. The summed E-state index contributed by atoms with van der Waals surface area (Å²) in [7, 11) is 0. The third-order valence-corrected chi connectivity index (χ3v) is 3.94. The molecular formula is C14H26N4O2. The van der Waals surface area contributed by atoms with Crippen LogP contribution in [0.1, 0.15) is 40.0 Å². The van der Waals surface area contributed by atoms with E-state index in [1.807, 2.05) is 25.7 Å². The minimum atomic E-state index is -0.183. The molecule has 3 N–H and O–H groups in total. The first-order valence-corrected chi connectivity index (χ1v) is 7.44. The molecule has 0 aromatic rings. The maximum atomic E-state index is 11.9. The SMILES string of the molecule is CC(C)(C)N1CC(NC(=O)NCC2CCCN2)CC1=O. The smallest absolute Gasteiger partial charge is 0.315 e. The number of amides is 3. The summed E-state index contributed by atoms with van der Waals surface area (Å²) < 4.78 is 0. The molecule has 2 rings (SSSR count). The average molecular weight is 282 g/mol. The van der Waals surface area contributed by atoms with Crippen molar-refractivity contribution in [3.8, 4) is 0 Å². The summed E-state index contributed by atoms with van der Waals surface area (Å²) >= 11 is 0. The fourth-order valence-corrected chi connectivity index (χ4v) is 2.84. The van der Waals surface area contributed by atoms with Crippen LogP contribution in [-0.4, -0.2) is 54.1 Å². The lowest BCUT2D eigenvalue weighted by Gasteiger charge is -2.32. The molecule has 0 saturated carbocycles. The Labute approximate surface area is 120 Å². The van der Waals surface area contributed by atoms with Crippen molar-refractivity contribution in [3.05, 3.63) is 0 Å². The first kappa shape index (κ1) is 15.1. The van der Waals surface area contributed by atoms with Gasteiger partial charge in [-0.15, -0.1) is 0 Å². The molecule has 6 heteroatoms. The highest BCUT2D eigenvalue weighted by atomic mass is 16.2. The Bertz CT molecular complexity index is 372. The van der Waals surface area contributed by atoms with Crippen LogP contribution in [0.3, 0.4) is 0 Å². The van der Waals surface area contributed by atoms with Gasteiger partial charge < -0.3 is 20.9 Å². The molecule has 3 amide bonds. The minimum absolute atomic E-state index is 0.0849. The minimum Gasteiger partial charge on any atom is -0.337 e. The predicted octanol–water partition coefficient (Wildman–Crippen LogP) is 0.437. The van der Waals surface area contributed by atoms with Gasteiger partial charge in [0.1, 0.15) is 0 Å². The first-order chi connectivity index (χ1) is 9.36. The molecule has 6 nitrogen and oxygen atoms in total. The van der Waals surface area contributed by atoms with Crippen molar-refractivity contribution in [1.82, 2.24) is 20.9 Å². The van der Waals surface area contributed by atoms with E-state index >= 15 is 0 Å². The molecule has 0 radical (unpaired) electrons. The monoisotopic (exact) mass is 282 g/mol. The lowest BCUT2D eigenvalue weighted by molar-refractivity contribution is -0.131. The van der Waals surface area contributed by atoms with Crippen LogP contribution in [0.5, 0.6) is 0 Å². The largest absolute Gasteiger partial charge is 0.337 e. The molecule has 2 atom stereocenters. The van der Waals surface area contributed by atoms with E-state index in [0.717, 1.165) is 13.0 Å². The normalized spacial score (nSPS) is 26.9. The van der Waals surface area contributed by atoms with Crippen molar-refractivity contribution in [2.75, 3.05) is 19.6 Å². The predicted molar refractivity (Wildman–Crippen MR) is 77.4 cm³/mol. The summed E-state index contributed by atoms with van der Waals surface area (Å²) in [6.07, 6.45) is 2.68. The van der Waals surface area contributed by atoms with Crippen molar-refractivity contribution >= 4 is 11.9 Å². The van der Waals surface area contributed by atoms with E-state index in [1.165, 1.54) is 6.42 Å². The average Bonchev–Trinajstić information content (AvgIpc) is 2.95. The highest BCUT2D eigenvalue weighted by Crippen LogP contribution is 2.21. The molecule has 2 unspecified atom stereocenters. The van der Waals surface area contributed by atoms with Crippen LogP contribution in [0.4, 0.5) is 4.79 Å². The maximum absolute atomic E-state index is 11.9. The van der Waals surface area contributed by atoms with Gasteiger partial charge >= 0.3 is 6.03 Å². The lowest BCUT2D eigenvalue weighted by atomic mass is 10.1. The summed E-state index contributed by atoms with van der Waals surface area (Å²) in [6.45, 7) is 8.32. The number of carbonyl (C=O) groups is 2. The topological polar surface area (TPSA) is 73.5 Å². The second-order valence-electron chi connectivity index (χ2n) is 6.72. The molecule has 2 aliphatic rings. The van der Waals surface area contributed by atoms with Gasteiger partial charge in [-0.2, -0.15) is 0 Å². The molecule has 0 aromatic heterocycles. The summed E-state index contributed by atoms with van der Waals surface area (Å²) in [6, 6.07) is 0.127. The van der Waals surface area contributed by atoms with Gasteiger partial charge in [0.05, 0.1) is 6.04 Å². The molecule has 2 heterocycles. The summed E-state index contributed by atoms with van der Waals surface area (Å²) in [4.78, 5) is 25.6. The lowest BCUT2D eigenvalue weighted by Crippen LogP contribution is -2.48. The summed E-state index contributed by atoms with van der Waals surface area (Å²) in [5.41, 5.74) is -0.183. The van der Waals surface area contributed by atoms with Gasteiger partial charge in [-0.1, -0.05) is 0 Å². The highest BCUT2D eigenvalue weighted by Gasteiger charge is 2.36. The van der Waals surface area contributed by atoms with Crippen molar-refractivity contribution in [3.63, 3.8) is 0 Å². The van der Waals surface area contributed by atoms with Gasteiger partial charge in [0, 0.05) is 31.1 Å². The third kappa shape index (κ3) is 3.85. The van der Waals surface area contributed by atoms with Crippen molar-refractivity contribution in [1.29, 1.82) is 0 Å². The zero-order chi connectivity index (χ0) is 14.8. The van der Waals surface area contributed by atoms with Gasteiger partial charge in [0.2, 0.25) is 5.91 Å². The van der Waals surface area contributed by atoms with E-state index < -0.39 is 0 Å². The summed E-state index contributed by atoms with van der Waals surface area (Å²) in [5, 5.41) is 9.11. The Morgan fingerprint density at radius 3 is 2.75 bits per heavy atom. The number of nitrogens with one attached hydrogen (secondary N) is 3. The van der Waals surface area contributed by atoms with Crippen molar-refractivity contribution in [2.45, 2.75) is 57.7 Å².